The molecule has 0 aromatic heterocycles. The van der Waals surface area contributed by atoms with E-state index in [1.807, 2.05) is 6.92 Å². The van der Waals surface area contributed by atoms with Crippen molar-refractivity contribution >= 4 is 93.0 Å². The zero-order valence-corrected chi connectivity index (χ0v) is 27.8. The van der Waals surface area contributed by atoms with E-state index < -0.39 is 0 Å². The zero-order valence-electron chi connectivity index (χ0n) is 23.3. The van der Waals surface area contributed by atoms with E-state index in [-0.39, 0.29) is 40.3 Å². The smallest absolute Gasteiger partial charge is 0.318 e. The Balaban J connectivity index is -0.000000120. The first-order valence-electron chi connectivity index (χ1n) is 11.4. The van der Waals surface area contributed by atoms with Gasteiger partial charge in [0.25, 0.3) is 0 Å². The minimum atomic E-state index is -0.301. The van der Waals surface area contributed by atoms with Gasteiger partial charge >= 0.3 is 29.8 Å². The third-order valence-corrected chi connectivity index (χ3v) is 4.32. The molecule has 0 spiro atoms. The van der Waals surface area contributed by atoms with E-state index in [0.29, 0.717) is 43.8 Å². The fraction of sp³-hybridized carbons (Fsp3) is 0.783. The van der Waals surface area contributed by atoms with Crippen LogP contribution in [0.5, 0.6) is 0 Å². The molecule has 0 saturated carbocycles. The van der Waals surface area contributed by atoms with Crippen LogP contribution >= 0.6 is 63.1 Å². The van der Waals surface area contributed by atoms with E-state index in [1.54, 1.807) is 13.8 Å². The zero-order chi connectivity index (χ0) is 30.9. The van der Waals surface area contributed by atoms with Crippen molar-refractivity contribution in [1.29, 1.82) is 0 Å². The molecule has 38 heavy (non-hydrogen) atoms. The summed E-state index contributed by atoms with van der Waals surface area (Å²) >= 11 is 19.4. The molecule has 15 heteroatoms. The van der Waals surface area contributed by atoms with Crippen LogP contribution in [0.2, 0.25) is 0 Å². The second-order valence-corrected chi connectivity index (χ2v) is 9.56. The molecule has 0 amide bonds. The highest BCUT2D eigenvalue weighted by Gasteiger charge is 2.04. The minimum Gasteiger partial charge on any atom is -0.469 e. The van der Waals surface area contributed by atoms with Crippen molar-refractivity contribution in [2.75, 3.05) is 52.3 Å². The third-order valence-electron chi connectivity index (χ3n) is 3.16. The number of rotatable bonds is 11. The lowest BCUT2D eigenvalue weighted by Crippen LogP contribution is -2.11. The molecular weight excluding hydrogens is 597 g/mol. The summed E-state index contributed by atoms with van der Waals surface area (Å²) in [5.41, 5.74) is 0. The summed E-state index contributed by atoms with van der Waals surface area (Å²) in [5.74, 6) is 0.869. The Labute approximate surface area is 255 Å². The molecule has 0 rings (SSSR count). The predicted molar refractivity (Wildman–Crippen MR) is 166 cm³/mol. The lowest BCUT2D eigenvalue weighted by Gasteiger charge is -1.99. The van der Waals surface area contributed by atoms with Gasteiger partial charge in [-0.1, -0.05) is 6.92 Å². The van der Waals surface area contributed by atoms with Crippen molar-refractivity contribution < 1.29 is 47.7 Å². The Bertz CT molecular complexity index is 581. The topological polar surface area (TPSA) is 132 Å². The van der Waals surface area contributed by atoms with Gasteiger partial charge in [0.2, 0.25) is 0 Å². The quantitative estimate of drug-likeness (QED) is 0.130. The fourth-order valence-corrected chi connectivity index (χ4v) is 2.12. The van der Waals surface area contributed by atoms with Gasteiger partial charge in [-0.3, -0.25) is 24.0 Å². The highest BCUT2D eigenvalue weighted by Crippen LogP contribution is 1.99. The second-order valence-electron chi connectivity index (χ2n) is 6.56. The Morgan fingerprint density at radius 2 is 1.05 bits per heavy atom. The second kappa shape index (κ2) is 38.2. The molecule has 0 saturated heterocycles. The lowest BCUT2D eigenvalue weighted by molar-refractivity contribution is -0.143. The number of hydrogen-bond acceptors (Lipinski definition) is 15. The van der Waals surface area contributed by atoms with E-state index >= 15 is 0 Å². The van der Waals surface area contributed by atoms with Crippen LogP contribution < -0.4 is 0 Å². The van der Waals surface area contributed by atoms with Crippen LogP contribution in [0.25, 0.3) is 0 Å². The van der Waals surface area contributed by atoms with E-state index in [1.165, 1.54) is 28.4 Å². The summed E-state index contributed by atoms with van der Waals surface area (Å²) in [6, 6.07) is 0. The summed E-state index contributed by atoms with van der Waals surface area (Å²) in [4.78, 5) is 51.4. The first-order chi connectivity index (χ1) is 17.8. The van der Waals surface area contributed by atoms with Crippen LogP contribution in [0.4, 0.5) is 0 Å². The fourth-order valence-electron chi connectivity index (χ4n) is 1.34. The van der Waals surface area contributed by atoms with E-state index in [4.69, 9.17) is 0 Å². The van der Waals surface area contributed by atoms with Gasteiger partial charge in [-0.25, -0.2) is 0 Å². The molecule has 0 aliphatic rings. The predicted octanol–water partition coefficient (Wildman–Crippen LogP) is 3.56. The summed E-state index contributed by atoms with van der Waals surface area (Å²) in [6.07, 6.45) is 2.49. The van der Waals surface area contributed by atoms with Crippen LogP contribution in [0.1, 0.15) is 52.9 Å². The Kier molecular flexibility index (Phi) is 47.2. The van der Waals surface area contributed by atoms with E-state index in [2.05, 4.69) is 86.8 Å². The van der Waals surface area contributed by atoms with E-state index in [0.717, 1.165) is 12.2 Å². The molecule has 0 radical (unpaired) electrons. The largest absolute Gasteiger partial charge is 0.469 e. The number of hydrogen-bond donors (Lipinski definition) is 5. The van der Waals surface area contributed by atoms with Crippen molar-refractivity contribution in [2.45, 2.75) is 63.4 Å². The molecule has 0 aliphatic carbocycles. The summed E-state index contributed by atoms with van der Waals surface area (Å²) in [6.45, 7) is 5.76. The highest BCUT2D eigenvalue weighted by atomic mass is 32.1. The molecular formula is C23H46O10S5. The molecule has 0 heterocycles. The number of methoxy groups -OCH3 is 4. The van der Waals surface area contributed by atoms with E-state index in [9.17, 15) is 24.0 Å². The summed E-state index contributed by atoms with van der Waals surface area (Å²) in [5, 5.41) is -0.201. The van der Waals surface area contributed by atoms with Gasteiger partial charge in [-0.2, -0.15) is 63.1 Å². The average molecular weight is 643 g/mol. The molecule has 10 nitrogen and oxygen atoms in total. The van der Waals surface area contributed by atoms with Crippen molar-refractivity contribution in [3.8, 4) is 0 Å². The van der Waals surface area contributed by atoms with Crippen LogP contribution in [0.3, 0.4) is 0 Å². The monoisotopic (exact) mass is 642 g/mol. The van der Waals surface area contributed by atoms with Crippen molar-refractivity contribution in [3.05, 3.63) is 0 Å². The third kappa shape index (κ3) is 51.7. The van der Waals surface area contributed by atoms with Crippen molar-refractivity contribution in [2.24, 2.45) is 0 Å². The number of carbonyl (C=O) groups is 5. The maximum absolute atomic E-state index is 10.4. The molecule has 228 valence electrons. The first-order valence-corrected chi connectivity index (χ1v) is 14.3. The molecule has 0 aliphatic heterocycles. The van der Waals surface area contributed by atoms with Crippen molar-refractivity contribution in [3.63, 3.8) is 0 Å². The minimum absolute atomic E-state index is 0.0995. The SMILES string of the molecule is CCOC(=O)CCS.COC(=O)C(C)S.COC(=O)CC(C)S.COC(=O)CCCS.COC(=O)CCS. The van der Waals surface area contributed by atoms with Gasteiger partial charge in [0.05, 0.1) is 59.6 Å². The molecule has 0 N–H and O–H groups in total. The first kappa shape index (κ1) is 46.9. The number of esters is 5. The molecule has 0 aromatic rings. The standard InChI is InChI=1S/3C5H10O2S.2C4H8O2S/c1-4(8)3-5(6)7-2;1-7-5(6)3-2-4-8;1-2-7-5(6)3-4-8;1-6-4(5)2-3-7;1-3(7)4(5)6-2/h4,8H,3H2,1-2H3;2*8H,2-4H2,1H3;7H,2-3H2,1H3;3,7H,1-2H3. The lowest BCUT2D eigenvalue weighted by atomic mass is 10.3. The number of ether oxygens (including phenoxy) is 5. The molecule has 2 atom stereocenters. The Morgan fingerprint density at radius 1 is 0.632 bits per heavy atom. The van der Waals surface area contributed by atoms with Crippen LogP contribution in [-0.2, 0) is 47.7 Å². The van der Waals surface area contributed by atoms with Gasteiger partial charge in [0.15, 0.2) is 0 Å². The number of thiol groups is 5. The van der Waals surface area contributed by atoms with Gasteiger partial charge in [0, 0.05) is 23.2 Å². The van der Waals surface area contributed by atoms with Gasteiger partial charge in [-0.15, -0.1) is 0 Å². The summed E-state index contributed by atoms with van der Waals surface area (Å²) < 4.78 is 21.9. The van der Waals surface area contributed by atoms with Gasteiger partial charge in [-0.05, 0) is 26.0 Å². The summed E-state index contributed by atoms with van der Waals surface area (Å²) in [7, 11) is 5.47. The molecule has 0 bridgehead atoms. The maximum atomic E-state index is 10.4. The highest BCUT2D eigenvalue weighted by molar-refractivity contribution is 7.81. The van der Waals surface area contributed by atoms with Crippen LogP contribution in [0.15, 0.2) is 0 Å². The molecule has 2 unspecified atom stereocenters. The Hall–Kier alpha value is -0.900. The maximum Gasteiger partial charge on any atom is 0.318 e. The van der Waals surface area contributed by atoms with Gasteiger partial charge in [0.1, 0.15) is 0 Å². The Morgan fingerprint density at radius 3 is 1.26 bits per heavy atom. The number of carbonyl (C=O) groups excluding carboxylic acids is 5. The molecule has 0 fully saturated rings. The van der Waals surface area contributed by atoms with Crippen LogP contribution in [0, 0.1) is 0 Å². The molecule has 0 aromatic carbocycles. The van der Waals surface area contributed by atoms with Crippen LogP contribution in [-0.4, -0.2) is 92.7 Å². The van der Waals surface area contributed by atoms with Crippen molar-refractivity contribution in [1.82, 2.24) is 0 Å². The van der Waals surface area contributed by atoms with Gasteiger partial charge < -0.3 is 23.7 Å². The average Bonchev–Trinajstić information content (AvgIpc) is 2.88. The normalized spacial score (nSPS) is 10.3.